The molecule has 1 heterocycles. The van der Waals surface area contributed by atoms with Crippen molar-refractivity contribution in [3.63, 3.8) is 0 Å². The quantitative estimate of drug-likeness (QED) is 0.392. The maximum absolute atomic E-state index is 4.16. The van der Waals surface area contributed by atoms with Gasteiger partial charge in [0.25, 0.3) is 0 Å². The van der Waals surface area contributed by atoms with Crippen LogP contribution >= 0.6 is 0 Å². The molecule has 1 aromatic heterocycles. The van der Waals surface area contributed by atoms with Crippen LogP contribution in [0.1, 0.15) is 0 Å². The van der Waals surface area contributed by atoms with Gasteiger partial charge in [0.1, 0.15) is 0 Å². The van der Waals surface area contributed by atoms with Gasteiger partial charge in [-0.3, -0.25) is 5.10 Å². The summed E-state index contributed by atoms with van der Waals surface area (Å²) in [6.07, 6.45) is 1.87. The number of aromatic nitrogens is 2. The third kappa shape index (κ3) is 1.39. The molecule has 0 radical (unpaired) electrons. The summed E-state index contributed by atoms with van der Waals surface area (Å²) in [5.74, 6) is 0. The Labute approximate surface area is 121 Å². The van der Waals surface area contributed by atoms with Crippen LogP contribution in [0.2, 0.25) is 0 Å². The first-order valence-corrected chi connectivity index (χ1v) is 7.08. The number of nitrogens with one attached hydrogen (secondary N) is 1. The van der Waals surface area contributed by atoms with E-state index in [1.54, 1.807) is 0 Å². The lowest BCUT2D eigenvalue weighted by molar-refractivity contribution is 1.12. The predicted octanol–water partition coefficient (Wildman–Crippen LogP) is 5.02. The van der Waals surface area contributed by atoms with Crippen LogP contribution in [0.25, 0.3) is 43.2 Å². The summed E-state index contributed by atoms with van der Waals surface area (Å²) in [5.41, 5.74) is 1.11. The number of rotatable bonds is 0. The lowest BCUT2D eigenvalue weighted by atomic mass is 9.96. The molecule has 0 amide bonds. The van der Waals surface area contributed by atoms with Crippen molar-refractivity contribution in [3.8, 4) is 0 Å². The molecular formula is C19H12N2. The van der Waals surface area contributed by atoms with E-state index in [1.165, 1.54) is 32.3 Å². The highest BCUT2D eigenvalue weighted by molar-refractivity contribution is 6.21. The van der Waals surface area contributed by atoms with E-state index in [9.17, 15) is 0 Å². The van der Waals surface area contributed by atoms with Crippen LogP contribution < -0.4 is 0 Å². The highest BCUT2D eigenvalue weighted by atomic mass is 15.1. The Kier molecular flexibility index (Phi) is 1.98. The van der Waals surface area contributed by atoms with Gasteiger partial charge in [-0.25, -0.2) is 0 Å². The molecule has 21 heavy (non-hydrogen) atoms. The van der Waals surface area contributed by atoms with Crippen LogP contribution in [0, 0.1) is 0 Å². The van der Waals surface area contributed by atoms with Crippen molar-refractivity contribution in [1.29, 1.82) is 0 Å². The third-order valence-electron chi connectivity index (χ3n) is 4.34. The molecule has 0 saturated carbocycles. The molecule has 98 valence electrons. The number of nitrogens with zero attached hydrogens (tertiary/aromatic N) is 1. The molecule has 5 rings (SSSR count). The molecule has 0 saturated heterocycles. The Hall–Kier alpha value is -2.87. The second kappa shape index (κ2) is 3.83. The van der Waals surface area contributed by atoms with Gasteiger partial charge in [-0.15, -0.1) is 0 Å². The topological polar surface area (TPSA) is 28.7 Å². The van der Waals surface area contributed by atoms with E-state index >= 15 is 0 Å². The van der Waals surface area contributed by atoms with E-state index in [0.29, 0.717) is 0 Å². The van der Waals surface area contributed by atoms with Crippen LogP contribution in [0.15, 0.2) is 66.9 Å². The predicted molar refractivity (Wildman–Crippen MR) is 88.6 cm³/mol. The minimum atomic E-state index is 1.11. The molecule has 5 aromatic rings. The number of hydrogen-bond acceptors (Lipinski definition) is 1. The van der Waals surface area contributed by atoms with Gasteiger partial charge in [0, 0.05) is 10.8 Å². The van der Waals surface area contributed by atoms with E-state index < -0.39 is 0 Å². The summed E-state index contributed by atoms with van der Waals surface area (Å²) in [7, 11) is 0. The van der Waals surface area contributed by atoms with Gasteiger partial charge in [-0.2, -0.15) is 5.10 Å². The fraction of sp³-hybridized carbons (Fsp3) is 0. The Balaban J connectivity index is 2.07. The van der Waals surface area contributed by atoms with E-state index in [2.05, 4.69) is 70.9 Å². The lowest BCUT2D eigenvalue weighted by Crippen LogP contribution is -1.82. The van der Waals surface area contributed by atoms with Crippen LogP contribution in [-0.4, -0.2) is 10.2 Å². The molecule has 0 atom stereocenters. The van der Waals surface area contributed by atoms with Gasteiger partial charge in [-0.05, 0) is 26.9 Å². The molecule has 0 aliphatic rings. The maximum atomic E-state index is 4.16. The number of benzene rings is 4. The number of hydrogen-bond donors (Lipinski definition) is 1. The second-order valence-corrected chi connectivity index (χ2v) is 5.44. The van der Waals surface area contributed by atoms with E-state index in [-0.39, 0.29) is 0 Å². The van der Waals surface area contributed by atoms with Gasteiger partial charge in [-0.1, -0.05) is 60.7 Å². The molecule has 0 aliphatic heterocycles. The smallest absolute Gasteiger partial charge is 0.0728 e. The van der Waals surface area contributed by atoms with E-state index in [0.717, 1.165) is 10.9 Å². The summed E-state index contributed by atoms with van der Waals surface area (Å²) < 4.78 is 0. The van der Waals surface area contributed by atoms with E-state index in [1.807, 2.05) is 6.20 Å². The highest BCUT2D eigenvalue weighted by Gasteiger charge is 2.07. The van der Waals surface area contributed by atoms with Crippen LogP contribution in [-0.2, 0) is 0 Å². The summed E-state index contributed by atoms with van der Waals surface area (Å²) in [6, 6.07) is 21.7. The molecule has 2 heteroatoms. The molecule has 1 N–H and O–H groups in total. The Bertz CT molecular complexity index is 1140. The molecule has 0 unspecified atom stereocenters. The maximum Gasteiger partial charge on any atom is 0.0728 e. The standard InChI is InChI=1S/C19H12N2/c1-2-4-14-12(3-1)5-7-16-15(14)9-10-18-17(16)8-6-13-11-20-21-19(13)18/h1-11H,(H,20,21). The average Bonchev–Trinajstić information content (AvgIpc) is 3.03. The van der Waals surface area contributed by atoms with Crippen molar-refractivity contribution in [2.24, 2.45) is 0 Å². The molecule has 2 nitrogen and oxygen atoms in total. The molecular weight excluding hydrogens is 256 g/mol. The van der Waals surface area contributed by atoms with Crippen molar-refractivity contribution >= 4 is 43.2 Å². The summed E-state index contributed by atoms with van der Waals surface area (Å²) in [4.78, 5) is 0. The minimum Gasteiger partial charge on any atom is -0.277 e. The van der Waals surface area contributed by atoms with Gasteiger partial charge in [0.15, 0.2) is 0 Å². The summed E-state index contributed by atoms with van der Waals surface area (Å²) in [5, 5.41) is 16.1. The number of aromatic amines is 1. The number of fused-ring (bicyclic) bond motifs is 7. The lowest BCUT2D eigenvalue weighted by Gasteiger charge is -2.08. The Morgan fingerprint density at radius 1 is 0.571 bits per heavy atom. The van der Waals surface area contributed by atoms with Gasteiger partial charge < -0.3 is 0 Å². The number of H-pyrrole nitrogens is 1. The van der Waals surface area contributed by atoms with Crippen molar-refractivity contribution in [2.75, 3.05) is 0 Å². The Morgan fingerprint density at radius 3 is 2.19 bits per heavy atom. The molecule has 0 spiro atoms. The Morgan fingerprint density at radius 2 is 1.24 bits per heavy atom. The molecule has 4 aromatic carbocycles. The summed E-state index contributed by atoms with van der Waals surface area (Å²) >= 11 is 0. The zero-order valence-electron chi connectivity index (χ0n) is 11.3. The largest absolute Gasteiger partial charge is 0.277 e. The summed E-state index contributed by atoms with van der Waals surface area (Å²) in [6.45, 7) is 0. The fourth-order valence-electron chi connectivity index (χ4n) is 3.32. The van der Waals surface area contributed by atoms with Crippen molar-refractivity contribution < 1.29 is 0 Å². The first-order valence-electron chi connectivity index (χ1n) is 7.08. The second-order valence-electron chi connectivity index (χ2n) is 5.44. The van der Waals surface area contributed by atoms with Crippen molar-refractivity contribution in [1.82, 2.24) is 10.2 Å². The van der Waals surface area contributed by atoms with Crippen LogP contribution in [0.5, 0.6) is 0 Å². The molecule has 0 bridgehead atoms. The average molecular weight is 268 g/mol. The van der Waals surface area contributed by atoms with Crippen LogP contribution in [0.4, 0.5) is 0 Å². The zero-order valence-corrected chi connectivity index (χ0v) is 11.3. The minimum absolute atomic E-state index is 1.11. The van der Waals surface area contributed by atoms with E-state index in [4.69, 9.17) is 0 Å². The van der Waals surface area contributed by atoms with Crippen molar-refractivity contribution in [3.05, 3.63) is 66.9 Å². The third-order valence-corrected chi connectivity index (χ3v) is 4.34. The first kappa shape index (κ1) is 10.9. The fourth-order valence-corrected chi connectivity index (χ4v) is 3.32. The van der Waals surface area contributed by atoms with Crippen LogP contribution in [0.3, 0.4) is 0 Å². The van der Waals surface area contributed by atoms with Gasteiger partial charge in [0.05, 0.1) is 11.7 Å². The first-order chi connectivity index (χ1) is 10.4. The van der Waals surface area contributed by atoms with Gasteiger partial charge >= 0.3 is 0 Å². The highest BCUT2D eigenvalue weighted by Crippen LogP contribution is 2.33. The van der Waals surface area contributed by atoms with Crippen molar-refractivity contribution in [2.45, 2.75) is 0 Å². The monoisotopic (exact) mass is 268 g/mol. The SMILES string of the molecule is c1ccc2c(c1)ccc1c2ccc2c1ccc1cn[nH]c12. The normalized spacial score (nSPS) is 11.8. The molecule has 0 fully saturated rings. The van der Waals surface area contributed by atoms with Gasteiger partial charge in [0.2, 0.25) is 0 Å². The molecule has 0 aliphatic carbocycles. The zero-order chi connectivity index (χ0) is 13.8.